The van der Waals surface area contributed by atoms with Crippen LogP contribution in [0.5, 0.6) is 0 Å². The third kappa shape index (κ3) is 5.57. The molecule has 0 heterocycles. The van der Waals surface area contributed by atoms with Crippen LogP contribution in [0, 0.1) is 10.1 Å². The summed E-state index contributed by atoms with van der Waals surface area (Å²) in [6.45, 7) is 0. The number of carbonyl (C=O) groups is 1. The van der Waals surface area contributed by atoms with Gasteiger partial charge in [-0.05, 0) is 47.5 Å². The van der Waals surface area contributed by atoms with Gasteiger partial charge in [-0.3, -0.25) is 19.9 Å². The van der Waals surface area contributed by atoms with Gasteiger partial charge in [-0.2, -0.15) is 5.10 Å². The molecule has 0 atom stereocenters. The molecule has 0 aliphatic heterocycles. The van der Waals surface area contributed by atoms with Gasteiger partial charge in [0.05, 0.1) is 16.8 Å². The largest absolute Gasteiger partial charge is 0.399 e. The van der Waals surface area contributed by atoms with E-state index in [2.05, 4.69) is 15.5 Å². The van der Waals surface area contributed by atoms with Crippen LogP contribution in [0.15, 0.2) is 82.9 Å². The second-order valence-corrected chi connectivity index (χ2v) is 6.02. The number of amides is 1. The molecule has 144 valence electrons. The highest BCUT2D eigenvalue weighted by Gasteiger charge is 2.03. The summed E-state index contributed by atoms with van der Waals surface area (Å²) in [4.78, 5) is 26.4. The zero-order valence-electron chi connectivity index (χ0n) is 15.2. The molecule has 3 N–H and O–H groups in total. The van der Waals surface area contributed by atoms with Crippen molar-refractivity contribution in [3.05, 3.63) is 99.6 Å². The highest BCUT2D eigenvalue weighted by atomic mass is 16.6. The summed E-state index contributed by atoms with van der Waals surface area (Å²) in [6.07, 6.45) is 3.19. The van der Waals surface area contributed by atoms with Crippen molar-refractivity contribution < 1.29 is 9.72 Å². The number of aliphatic imine (C=N–C) groups is 1. The van der Waals surface area contributed by atoms with Gasteiger partial charge >= 0.3 is 0 Å². The molecule has 0 aliphatic carbocycles. The Kier molecular flexibility index (Phi) is 6.06. The Morgan fingerprint density at radius 2 is 1.48 bits per heavy atom. The second-order valence-electron chi connectivity index (χ2n) is 6.02. The van der Waals surface area contributed by atoms with Crippen molar-refractivity contribution in [3.63, 3.8) is 0 Å². The monoisotopic (exact) mass is 387 g/mol. The van der Waals surface area contributed by atoms with E-state index >= 15 is 0 Å². The lowest BCUT2D eigenvalue weighted by atomic mass is 10.1. The first-order valence-electron chi connectivity index (χ1n) is 8.59. The normalized spacial score (nSPS) is 11.0. The van der Waals surface area contributed by atoms with E-state index in [1.54, 1.807) is 42.6 Å². The number of anilines is 1. The molecule has 0 aromatic heterocycles. The average molecular weight is 387 g/mol. The molecule has 3 rings (SSSR count). The molecule has 3 aromatic rings. The predicted octanol–water partition coefficient (Wildman–Crippen LogP) is 3.69. The number of non-ortho nitro benzene ring substituents is 1. The molecule has 29 heavy (non-hydrogen) atoms. The first-order chi connectivity index (χ1) is 14.0. The van der Waals surface area contributed by atoms with Crippen LogP contribution in [-0.4, -0.2) is 23.3 Å². The van der Waals surface area contributed by atoms with Crippen molar-refractivity contribution in [3.8, 4) is 0 Å². The van der Waals surface area contributed by atoms with Crippen LogP contribution < -0.4 is 11.2 Å². The number of hydrazone groups is 1. The van der Waals surface area contributed by atoms with Gasteiger partial charge in [-0.15, -0.1) is 0 Å². The van der Waals surface area contributed by atoms with Crippen molar-refractivity contribution in [2.75, 3.05) is 5.73 Å². The fraction of sp³-hybridized carbons (Fsp3) is 0. The van der Waals surface area contributed by atoms with E-state index in [0.717, 1.165) is 11.1 Å². The zero-order valence-corrected chi connectivity index (χ0v) is 15.2. The van der Waals surface area contributed by atoms with Crippen molar-refractivity contribution >= 4 is 35.4 Å². The van der Waals surface area contributed by atoms with Crippen LogP contribution in [-0.2, 0) is 0 Å². The number of rotatable bonds is 6. The first-order valence-corrected chi connectivity index (χ1v) is 8.59. The molecule has 8 heteroatoms. The number of hydrogen-bond acceptors (Lipinski definition) is 6. The van der Waals surface area contributed by atoms with E-state index < -0.39 is 4.92 Å². The maximum absolute atomic E-state index is 12.0. The number of nitrogens with zero attached hydrogens (tertiary/aromatic N) is 3. The van der Waals surface area contributed by atoms with Crippen LogP contribution >= 0.6 is 0 Å². The highest BCUT2D eigenvalue weighted by Crippen LogP contribution is 2.17. The molecule has 3 aromatic carbocycles. The maximum Gasteiger partial charge on any atom is 0.271 e. The van der Waals surface area contributed by atoms with Crippen LogP contribution in [0.25, 0.3) is 0 Å². The van der Waals surface area contributed by atoms with Gasteiger partial charge in [0.25, 0.3) is 11.6 Å². The number of nitrogens with one attached hydrogen (secondary N) is 1. The van der Waals surface area contributed by atoms with E-state index in [1.807, 2.05) is 24.3 Å². The Labute approximate surface area is 166 Å². The molecule has 0 fully saturated rings. The summed E-state index contributed by atoms with van der Waals surface area (Å²) in [5, 5.41) is 14.6. The van der Waals surface area contributed by atoms with E-state index in [4.69, 9.17) is 5.73 Å². The van der Waals surface area contributed by atoms with Gasteiger partial charge in [0.2, 0.25) is 0 Å². The quantitative estimate of drug-likeness (QED) is 0.290. The van der Waals surface area contributed by atoms with Crippen LogP contribution in [0.2, 0.25) is 0 Å². The van der Waals surface area contributed by atoms with E-state index in [9.17, 15) is 14.9 Å². The topological polar surface area (TPSA) is 123 Å². The molecule has 0 aliphatic rings. The van der Waals surface area contributed by atoms with Crippen LogP contribution in [0.4, 0.5) is 17.1 Å². The van der Waals surface area contributed by atoms with E-state index in [0.29, 0.717) is 16.9 Å². The van der Waals surface area contributed by atoms with Gasteiger partial charge in [0.1, 0.15) is 0 Å². The number of nitrogen functional groups attached to an aromatic ring is 1. The summed E-state index contributed by atoms with van der Waals surface area (Å²) >= 11 is 0. The summed E-state index contributed by atoms with van der Waals surface area (Å²) in [5.41, 5.74) is 11.4. The zero-order chi connectivity index (χ0) is 20.6. The van der Waals surface area contributed by atoms with Crippen molar-refractivity contribution in [1.82, 2.24) is 5.43 Å². The molecule has 0 spiro atoms. The van der Waals surface area contributed by atoms with Gasteiger partial charge in [0, 0.05) is 29.6 Å². The Balaban J connectivity index is 1.56. The van der Waals surface area contributed by atoms with Gasteiger partial charge in [-0.1, -0.05) is 24.3 Å². The van der Waals surface area contributed by atoms with Gasteiger partial charge < -0.3 is 5.73 Å². The number of nitro groups is 1. The van der Waals surface area contributed by atoms with Crippen LogP contribution in [0.1, 0.15) is 21.5 Å². The Bertz CT molecular complexity index is 1060. The summed E-state index contributed by atoms with van der Waals surface area (Å²) in [6, 6.07) is 19.9. The Morgan fingerprint density at radius 3 is 2.07 bits per heavy atom. The SMILES string of the molecule is Nc1ccc(C(=O)NN=Cc2ccc(C=Nc3ccc([N+](=O)[O-])cc3)cc2)cc1. The fourth-order valence-corrected chi connectivity index (χ4v) is 2.34. The standard InChI is InChI=1S/C21H17N5O3/c22-18-7-5-17(6-8-18)21(27)25-24-14-16-3-1-15(2-4-16)13-23-19-9-11-20(12-10-19)26(28)29/h1-14H,22H2,(H,25,27). The lowest BCUT2D eigenvalue weighted by molar-refractivity contribution is -0.384. The molecule has 0 saturated carbocycles. The summed E-state index contributed by atoms with van der Waals surface area (Å²) < 4.78 is 0. The summed E-state index contributed by atoms with van der Waals surface area (Å²) in [5.74, 6) is -0.326. The smallest absolute Gasteiger partial charge is 0.271 e. The summed E-state index contributed by atoms with van der Waals surface area (Å²) in [7, 11) is 0. The molecule has 0 radical (unpaired) electrons. The fourth-order valence-electron chi connectivity index (χ4n) is 2.34. The number of nitro benzene ring substituents is 1. The second kappa shape index (κ2) is 9.05. The number of carbonyl (C=O) groups excluding carboxylic acids is 1. The van der Waals surface area contributed by atoms with Gasteiger partial charge in [0.15, 0.2) is 0 Å². The van der Waals surface area contributed by atoms with Crippen LogP contribution in [0.3, 0.4) is 0 Å². The molecule has 0 bridgehead atoms. The lowest BCUT2D eigenvalue weighted by Gasteiger charge is -2.00. The molecule has 0 unspecified atom stereocenters. The lowest BCUT2D eigenvalue weighted by Crippen LogP contribution is -2.17. The maximum atomic E-state index is 12.0. The minimum Gasteiger partial charge on any atom is -0.399 e. The number of hydrogen-bond donors (Lipinski definition) is 2. The minimum atomic E-state index is -0.452. The molecular weight excluding hydrogens is 370 g/mol. The molecule has 0 saturated heterocycles. The first kappa shape index (κ1) is 19.4. The van der Waals surface area contributed by atoms with Crippen molar-refractivity contribution in [1.29, 1.82) is 0 Å². The van der Waals surface area contributed by atoms with Crippen molar-refractivity contribution in [2.24, 2.45) is 10.1 Å². The molecule has 1 amide bonds. The Hall–Kier alpha value is -4.33. The minimum absolute atomic E-state index is 0.0241. The van der Waals surface area contributed by atoms with E-state index in [1.165, 1.54) is 18.3 Å². The third-order valence-electron chi connectivity index (χ3n) is 3.91. The number of nitrogens with two attached hydrogens (primary N) is 1. The van der Waals surface area contributed by atoms with Crippen molar-refractivity contribution in [2.45, 2.75) is 0 Å². The number of benzene rings is 3. The predicted molar refractivity (Wildman–Crippen MR) is 113 cm³/mol. The third-order valence-corrected chi connectivity index (χ3v) is 3.91. The van der Waals surface area contributed by atoms with E-state index in [-0.39, 0.29) is 11.6 Å². The molecule has 8 nitrogen and oxygen atoms in total. The highest BCUT2D eigenvalue weighted by molar-refractivity contribution is 5.95. The Morgan fingerprint density at radius 1 is 0.897 bits per heavy atom. The molecular formula is C21H17N5O3. The van der Waals surface area contributed by atoms with Gasteiger partial charge in [-0.25, -0.2) is 5.43 Å². The average Bonchev–Trinajstić information content (AvgIpc) is 2.74.